The normalized spacial score (nSPS) is 13.7. The largest absolute Gasteiger partial charge is 0.135 e. The highest BCUT2D eigenvalue weighted by atomic mass is 32.1. The number of hydrogen-bond donors (Lipinski definition) is 0. The van der Waals surface area contributed by atoms with Crippen molar-refractivity contribution in [1.82, 2.24) is 0 Å². The molecule has 2 aliphatic rings. The predicted octanol–water partition coefficient (Wildman–Crippen LogP) is 15.8. The fourth-order valence-electron chi connectivity index (χ4n) is 11.2. The fourth-order valence-corrected chi connectivity index (χ4v) is 12.5. The van der Waals surface area contributed by atoms with E-state index in [9.17, 15) is 0 Å². The molecule has 0 amide bonds. The van der Waals surface area contributed by atoms with Crippen LogP contribution < -0.4 is 0 Å². The molecular formula is C57H32S. The Morgan fingerprint density at radius 3 is 1.60 bits per heavy atom. The zero-order valence-electron chi connectivity index (χ0n) is 31.4. The van der Waals surface area contributed by atoms with Crippen LogP contribution in [0.3, 0.4) is 0 Å². The second-order valence-electron chi connectivity index (χ2n) is 16.3. The van der Waals surface area contributed by atoms with E-state index in [1.165, 1.54) is 130 Å². The van der Waals surface area contributed by atoms with Crippen molar-refractivity contribution in [3.05, 3.63) is 216 Å². The molecule has 0 nitrogen and oxygen atoms in total. The van der Waals surface area contributed by atoms with Crippen molar-refractivity contribution in [3.8, 4) is 44.5 Å². The van der Waals surface area contributed by atoms with Gasteiger partial charge in [0.25, 0.3) is 0 Å². The van der Waals surface area contributed by atoms with Crippen LogP contribution in [0.5, 0.6) is 0 Å². The molecule has 266 valence electrons. The molecule has 0 N–H and O–H groups in total. The molecule has 1 aromatic heterocycles. The first-order valence-electron chi connectivity index (χ1n) is 20.2. The minimum atomic E-state index is -0.420. The van der Waals surface area contributed by atoms with Gasteiger partial charge in [-0.05, 0) is 122 Å². The smallest absolute Gasteiger partial charge is 0.0726 e. The van der Waals surface area contributed by atoms with Crippen molar-refractivity contribution in [3.63, 3.8) is 0 Å². The lowest BCUT2D eigenvalue weighted by atomic mass is 9.70. The highest BCUT2D eigenvalue weighted by molar-refractivity contribution is 7.26. The molecule has 0 saturated carbocycles. The summed E-state index contributed by atoms with van der Waals surface area (Å²) in [6, 6.07) is 73.7. The number of fused-ring (bicyclic) bond motifs is 15. The second kappa shape index (κ2) is 11.1. The first-order chi connectivity index (χ1) is 28.8. The maximum absolute atomic E-state index is 2.56. The van der Waals surface area contributed by atoms with E-state index in [0.717, 1.165) is 0 Å². The summed E-state index contributed by atoms with van der Waals surface area (Å²) in [5.74, 6) is 0. The molecule has 0 bridgehead atoms. The van der Waals surface area contributed by atoms with E-state index in [1.807, 2.05) is 11.3 Å². The quantitative estimate of drug-likeness (QED) is 0.154. The molecule has 0 fully saturated rings. The van der Waals surface area contributed by atoms with Gasteiger partial charge in [0.15, 0.2) is 0 Å². The number of thiophene rings is 1. The monoisotopic (exact) mass is 748 g/mol. The molecule has 12 aromatic rings. The molecule has 58 heavy (non-hydrogen) atoms. The van der Waals surface area contributed by atoms with Gasteiger partial charge < -0.3 is 0 Å². The van der Waals surface area contributed by atoms with Crippen LogP contribution in [0, 0.1) is 0 Å². The van der Waals surface area contributed by atoms with Gasteiger partial charge >= 0.3 is 0 Å². The summed E-state index contributed by atoms with van der Waals surface area (Å²) >= 11 is 1.94. The Morgan fingerprint density at radius 1 is 0.310 bits per heavy atom. The third-order valence-corrected chi connectivity index (χ3v) is 14.8. The molecule has 0 radical (unpaired) electrons. The summed E-state index contributed by atoms with van der Waals surface area (Å²) in [6.07, 6.45) is 0. The summed E-state index contributed by atoms with van der Waals surface area (Å²) < 4.78 is 2.73. The van der Waals surface area contributed by atoms with E-state index in [1.54, 1.807) is 0 Å². The van der Waals surface area contributed by atoms with E-state index in [0.29, 0.717) is 0 Å². The van der Waals surface area contributed by atoms with Crippen molar-refractivity contribution >= 4 is 74.6 Å². The van der Waals surface area contributed by atoms with Crippen LogP contribution in [-0.2, 0) is 5.41 Å². The molecule has 0 aliphatic heterocycles. The molecule has 2 aliphatic carbocycles. The molecule has 11 aromatic carbocycles. The lowest BCUT2D eigenvalue weighted by Gasteiger charge is -2.30. The van der Waals surface area contributed by atoms with Gasteiger partial charge in [-0.1, -0.05) is 176 Å². The molecule has 1 spiro atoms. The van der Waals surface area contributed by atoms with Crippen molar-refractivity contribution in [2.24, 2.45) is 0 Å². The van der Waals surface area contributed by atoms with E-state index < -0.39 is 5.41 Å². The molecule has 0 atom stereocenters. The minimum absolute atomic E-state index is 0.420. The molecular weight excluding hydrogens is 717 g/mol. The van der Waals surface area contributed by atoms with E-state index in [-0.39, 0.29) is 0 Å². The van der Waals surface area contributed by atoms with Gasteiger partial charge in [0.1, 0.15) is 0 Å². The third kappa shape index (κ3) is 3.80. The van der Waals surface area contributed by atoms with Gasteiger partial charge in [-0.25, -0.2) is 0 Å². The maximum atomic E-state index is 2.56. The second-order valence-corrected chi connectivity index (χ2v) is 17.3. The third-order valence-electron chi connectivity index (χ3n) is 13.6. The van der Waals surface area contributed by atoms with Crippen LogP contribution in [0.2, 0.25) is 0 Å². The predicted molar refractivity (Wildman–Crippen MR) is 248 cm³/mol. The average molecular weight is 749 g/mol. The van der Waals surface area contributed by atoms with Gasteiger partial charge in [-0.3, -0.25) is 0 Å². The van der Waals surface area contributed by atoms with Gasteiger partial charge in [-0.2, -0.15) is 0 Å². The topological polar surface area (TPSA) is 0 Å². The Balaban J connectivity index is 1.05. The SMILES string of the molecule is c1ccc2c(c1)-c1ccccc1C21c2cc(-c3ccc4ccc5c(-c6ccc7ccccc7c6)ccc6ccc3c4c65)ccc2-c2c1ccc1c2sc2ccccc21. The Morgan fingerprint density at radius 2 is 0.862 bits per heavy atom. The first-order valence-corrected chi connectivity index (χ1v) is 21.1. The Kier molecular flexibility index (Phi) is 5.93. The standard InChI is InChI=1S/C57H32S/c1-2-10-36-31-37(18-17-33(36)9-1)39-24-19-34-22-27-45-40(25-20-35-21-26-44(39)53(34)54(35)45)38-23-28-47-51(32-38)57(48-14-6-3-11-41(48)42-12-4-7-15-49(42)57)50-30-29-46-43-13-5-8-16-52(43)58-56(46)55(47)50/h1-32H. The first kappa shape index (κ1) is 31.1. The van der Waals surface area contributed by atoms with E-state index in [2.05, 4.69) is 194 Å². The fraction of sp³-hybridized carbons (Fsp3) is 0.0175. The highest BCUT2D eigenvalue weighted by Crippen LogP contribution is 2.65. The summed E-state index contributed by atoms with van der Waals surface area (Å²) in [5.41, 5.74) is 15.6. The average Bonchev–Trinajstić information content (AvgIpc) is 3.92. The van der Waals surface area contributed by atoms with Crippen LogP contribution in [0.15, 0.2) is 194 Å². The minimum Gasteiger partial charge on any atom is -0.135 e. The molecule has 1 heterocycles. The van der Waals surface area contributed by atoms with Gasteiger partial charge in [0.05, 0.1) is 5.41 Å². The summed E-state index contributed by atoms with van der Waals surface area (Å²) in [4.78, 5) is 0. The van der Waals surface area contributed by atoms with Gasteiger partial charge in [0, 0.05) is 25.7 Å². The molecule has 1 heteroatoms. The Hall–Kier alpha value is -7.06. The number of benzene rings is 11. The Labute approximate surface area is 339 Å². The summed E-state index contributed by atoms with van der Waals surface area (Å²) in [6.45, 7) is 0. The van der Waals surface area contributed by atoms with Crippen LogP contribution in [0.4, 0.5) is 0 Å². The van der Waals surface area contributed by atoms with E-state index >= 15 is 0 Å². The maximum Gasteiger partial charge on any atom is 0.0726 e. The van der Waals surface area contributed by atoms with Crippen molar-refractivity contribution < 1.29 is 0 Å². The zero-order chi connectivity index (χ0) is 37.7. The molecule has 14 rings (SSSR count). The van der Waals surface area contributed by atoms with Gasteiger partial charge in [0.2, 0.25) is 0 Å². The van der Waals surface area contributed by atoms with Crippen LogP contribution in [0.1, 0.15) is 22.3 Å². The highest BCUT2D eigenvalue weighted by Gasteiger charge is 2.52. The summed E-state index contributed by atoms with van der Waals surface area (Å²) in [5, 5.41) is 13.1. The zero-order valence-corrected chi connectivity index (χ0v) is 32.2. The number of rotatable bonds is 2. The van der Waals surface area contributed by atoms with Crippen LogP contribution in [0.25, 0.3) is 108 Å². The van der Waals surface area contributed by atoms with Gasteiger partial charge in [-0.15, -0.1) is 11.3 Å². The van der Waals surface area contributed by atoms with Crippen LogP contribution >= 0.6 is 11.3 Å². The lowest BCUT2D eigenvalue weighted by Crippen LogP contribution is -2.25. The molecule has 0 saturated heterocycles. The van der Waals surface area contributed by atoms with Crippen molar-refractivity contribution in [2.45, 2.75) is 5.41 Å². The molecule has 0 unspecified atom stereocenters. The van der Waals surface area contributed by atoms with Crippen molar-refractivity contribution in [1.29, 1.82) is 0 Å². The number of hydrogen-bond acceptors (Lipinski definition) is 1. The van der Waals surface area contributed by atoms with E-state index in [4.69, 9.17) is 0 Å². The van der Waals surface area contributed by atoms with Crippen molar-refractivity contribution in [2.75, 3.05) is 0 Å². The Bertz CT molecular complexity index is 3700. The lowest BCUT2D eigenvalue weighted by molar-refractivity contribution is 0.795. The summed E-state index contributed by atoms with van der Waals surface area (Å²) in [7, 11) is 0. The van der Waals surface area contributed by atoms with Crippen LogP contribution in [-0.4, -0.2) is 0 Å².